The van der Waals surface area contributed by atoms with Gasteiger partial charge >= 0.3 is 12.2 Å². The molecule has 2 saturated carbocycles. The molecule has 2 aliphatic rings. The number of anilines is 1. The van der Waals surface area contributed by atoms with Crippen LogP contribution >= 0.6 is 0 Å². The topological polar surface area (TPSA) is 59.0 Å². The Morgan fingerprint density at radius 2 is 1.86 bits per heavy atom. The van der Waals surface area contributed by atoms with Gasteiger partial charge in [-0.2, -0.15) is 18.3 Å². The molecule has 1 aromatic heterocycles. The number of aromatic nitrogens is 2. The summed E-state index contributed by atoms with van der Waals surface area (Å²) in [6.45, 7) is 0.180. The minimum Gasteiger partial charge on any atom is -0.332 e. The van der Waals surface area contributed by atoms with Gasteiger partial charge in [0.1, 0.15) is 0 Å². The minimum atomic E-state index is -4.52. The maximum absolute atomic E-state index is 13.0. The molecule has 2 aromatic rings. The molecular formula is C20H23F3N4O. The van der Waals surface area contributed by atoms with Gasteiger partial charge in [-0.15, -0.1) is 0 Å². The maximum atomic E-state index is 13.0. The number of benzene rings is 1. The SMILES string of the molecule is O=C(NCc1cc(C2CC2)n(C2CCCC2)n1)Nc1ccccc1C(F)(F)F. The second-order valence-corrected chi connectivity index (χ2v) is 7.57. The van der Waals surface area contributed by atoms with Crippen LogP contribution in [0.15, 0.2) is 30.3 Å². The Kier molecular flexibility index (Phi) is 5.03. The smallest absolute Gasteiger partial charge is 0.332 e. The summed E-state index contributed by atoms with van der Waals surface area (Å²) in [6, 6.07) is 6.71. The number of nitrogens with one attached hydrogen (secondary N) is 2. The summed E-state index contributed by atoms with van der Waals surface area (Å²) < 4.78 is 41.2. The van der Waals surface area contributed by atoms with Crippen LogP contribution in [0, 0.1) is 0 Å². The molecule has 5 nitrogen and oxygen atoms in total. The van der Waals surface area contributed by atoms with Crippen LogP contribution in [0.1, 0.15) is 67.4 Å². The van der Waals surface area contributed by atoms with Crippen molar-refractivity contribution in [3.8, 4) is 0 Å². The minimum absolute atomic E-state index is 0.180. The highest BCUT2D eigenvalue weighted by Crippen LogP contribution is 2.43. The average Bonchev–Trinajstić information content (AvgIpc) is 3.18. The lowest BCUT2D eigenvalue weighted by molar-refractivity contribution is -0.136. The fourth-order valence-corrected chi connectivity index (χ4v) is 3.85. The van der Waals surface area contributed by atoms with E-state index in [0.717, 1.165) is 24.6 Å². The third-order valence-corrected chi connectivity index (χ3v) is 5.39. The summed E-state index contributed by atoms with van der Waals surface area (Å²) >= 11 is 0. The number of hydrogen-bond donors (Lipinski definition) is 2. The van der Waals surface area contributed by atoms with Crippen LogP contribution < -0.4 is 10.6 Å². The largest absolute Gasteiger partial charge is 0.418 e. The number of amides is 2. The third kappa shape index (κ3) is 4.15. The van der Waals surface area contributed by atoms with Crippen molar-refractivity contribution in [2.45, 2.75) is 63.2 Å². The molecule has 0 unspecified atom stereocenters. The zero-order chi connectivity index (χ0) is 19.7. The molecule has 0 spiro atoms. The van der Waals surface area contributed by atoms with Gasteiger partial charge in [-0.05, 0) is 43.9 Å². The summed E-state index contributed by atoms with van der Waals surface area (Å²) in [5.74, 6) is 0.550. The number of hydrogen-bond acceptors (Lipinski definition) is 2. The van der Waals surface area contributed by atoms with Gasteiger partial charge in [-0.1, -0.05) is 25.0 Å². The van der Waals surface area contributed by atoms with E-state index in [1.54, 1.807) is 0 Å². The van der Waals surface area contributed by atoms with Crippen LogP contribution in [0.2, 0.25) is 0 Å². The fraction of sp³-hybridized carbons (Fsp3) is 0.500. The van der Waals surface area contributed by atoms with Gasteiger partial charge in [0, 0.05) is 11.6 Å². The molecule has 0 aliphatic heterocycles. The Morgan fingerprint density at radius 3 is 2.54 bits per heavy atom. The maximum Gasteiger partial charge on any atom is 0.418 e. The van der Waals surface area contributed by atoms with Gasteiger partial charge in [-0.25, -0.2) is 4.79 Å². The molecule has 150 valence electrons. The summed E-state index contributed by atoms with van der Waals surface area (Å²) in [5, 5.41) is 9.60. The summed E-state index contributed by atoms with van der Waals surface area (Å²) in [4.78, 5) is 12.1. The van der Waals surface area contributed by atoms with Crippen molar-refractivity contribution in [3.63, 3.8) is 0 Å². The van der Waals surface area contributed by atoms with E-state index in [-0.39, 0.29) is 12.2 Å². The molecule has 0 radical (unpaired) electrons. The molecule has 0 atom stereocenters. The molecule has 2 fully saturated rings. The number of alkyl halides is 3. The predicted octanol–water partition coefficient (Wildman–Crippen LogP) is 5.22. The Hall–Kier alpha value is -2.51. The first-order chi connectivity index (χ1) is 13.4. The van der Waals surface area contributed by atoms with Crippen LogP contribution in [-0.4, -0.2) is 15.8 Å². The molecule has 4 rings (SSSR count). The molecule has 1 heterocycles. The normalized spacial score (nSPS) is 17.7. The van der Waals surface area contributed by atoms with Crippen LogP contribution in [0.5, 0.6) is 0 Å². The van der Waals surface area contributed by atoms with E-state index >= 15 is 0 Å². The van der Waals surface area contributed by atoms with Gasteiger partial charge in [0.15, 0.2) is 0 Å². The lowest BCUT2D eigenvalue weighted by Crippen LogP contribution is -2.29. The zero-order valence-corrected chi connectivity index (χ0v) is 15.4. The lowest BCUT2D eigenvalue weighted by Gasteiger charge is -2.14. The zero-order valence-electron chi connectivity index (χ0n) is 15.4. The fourth-order valence-electron chi connectivity index (χ4n) is 3.85. The molecule has 1 aromatic carbocycles. The van der Waals surface area contributed by atoms with E-state index in [0.29, 0.717) is 12.0 Å². The summed E-state index contributed by atoms with van der Waals surface area (Å²) in [5.41, 5.74) is 0.842. The molecule has 2 amide bonds. The number of carbonyl (C=O) groups excluding carboxylic acids is 1. The van der Waals surface area contributed by atoms with Crippen LogP contribution in [-0.2, 0) is 12.7 Å². The standard InChI is InChI=1S/C20H23F3N4O/c21-20(22,23)16-7-3-4-8-17(16)25-19(28)24-12-14-11-18(13-9-10-13)27(26-14)15-5-1-2-6-15/h3-4,7-8,11,13,15H,1-2,5-6,9-10,12H2,(H2,24,25,28). The highest BCUT2D eigenvalue weighted by molar-refractivity contribution is 5.90. The van der Waals surface area contributed by atoms with E-state index in [2.05, 4.69) is 20.4 Å². The molecule has 0 saturated heterocycles. The van der Waals surface area contributed by atoms with Crippen molar-refractivity contribution in [1.82, 2.24) is 15.1 Å². The Bertz CT molecular complexity index is 851. The van der Waals surface area contributed by atoms with Gasteiger partial charge in [-0.3, -0.25) is 4.68 Å². The van der Waals surface area contributed by atoms with E-state index in [9.17, 15) is 18.0 Å². The van der Waals surface area contributed by atoms with Crippen molar-refractivity contribution in [2.24, 2.45) is 0 Å². The molecule has 28 heavy (non-hydrogen) atoms. The van der Waals surface area contributed by atoms with Crippen LogP contribution in [0.4, 0.5) is 23.7 Å². The molecule has 8 heteroatoms. The van der Waals surface area contributed by atoms with Gasteiger partial charge in [0.25, 0.3) is 0 Å². The average molecular weight is 392 g/mol. The first-order valence-corrected chi connectivity index (χ1v) is 9.71. The highest BCUT2D eigenvalue weighted by Gasteiger charge is 2.34. The van der Waals surface area contributed by atoms with Crippen molar-refractivity contribution < 1.29 is 18.0 Å². The van der Waals surface area contributed by atoms with Crippen molar-refractivity contribution in [1.29, 1.82) is 0 Å². The summed E-state index contributed by atoms with van der Waals surface area (Å²) in [7, 11) is 0. The lowest BCUT2D eigenvalue weighted by atomic mass is 10.1. The Labute approximate surface area is 161 Å². The van der Waals surface area contributed by atoms with Crippen molar-refractivity contribution in [2.75, 3.05) is 5.32 Å². The Balaban J connectivity index is 1.41. The highest BCUT2D eigenvalue weighted by atomic mass is 19.4. The van der Waals surface area contributed by atoms with Gasteiger partial charge in [0.05, 0.1) is 29.5 Å². The third-order valence-electron chi connectivity index (χ3n) is 5.39. The molecular weight excluding hydrogens is 369 g/mol. The second kappa shape index (κ2) is 7.48. The monoisotopic (exact) mass is 392 g/mol. The number of nitrogens with zero attached hydrogens (tertiary/aromatic N) is 2. The summed E-state index contributed by atoms with van der Waals surface area (Å²) in [6.07, 6.45) is 2.49. The van der Waals surface area contributed by atoms with Crippen molar-refractivity contribution >= 4 is 11.7 Å². The van der Waals surface area contributed by atoms with E-state index in [1.807, 2.05) is 6.07 Å². The van der Waals surface area contributed by atoms with E-state index in [1.165, 1.54) is 49.6 Å². The van der Waals surface area contributed by atoms with E-state index < -0.39 is 17.8 Å². The van der Waals surface area contributed by atoms with E-state index in [4.69, 9.17) is 0 Å². The number of carbonyl (C=O) groups is 1. The first kappa shape index (κ1) is 18.8. The predicted molar refractivity (Wildman–Crippen MR) is 99.0 cm³/mol. The number of rotatable bonds is 5. The Morgan fingerprint density at radius 1 is 1.14 bits per heavy atom. The van der Waals surface area contributed by atoms with Crippen molar-refractivity contribution in [3.05, 3.63) is 47.3 Å². The van der Waals surface area contributed by atoms with Crippen LogP contribution in [0.25, 0.3) is 0 Å². The first-order valence-electron chi connectivity index (χ1n) is 9.71. The number of urea groups is 1. The number of para-hydroxylation sites is 1. The van der Waals surface area contributed by atoms with Gasteiger partial charge < -0.3 is 10.6 Å². The molecule has 0 bridgehead atoms. The second-order valence-electron chi connectivity index (χ2n) is 7.57. The number of halogens is 3. The molecule has 2 N–H and O–H groups in total. The quantitative estimate of drug-likeness (QED) is 0.733. The van der Waals surface area contributed by atoms with Gasteiger partial charge in [0.2, 0.25) is 0 Å². The van der Waals surface area contributed by atoms with Crippen LogP contribution in [0.3, 0.4) is 0 Å². The molecule has 2 aliphatic carbocycles.